The Morgan fingerprint density at radius 2 is 1.42 bits per heavy atom. The van der Waals surface area contributed by atoms with Crippen LogP contribution < -0.4 is 0 Å². The van der Waals surface area contributed by atoms with Crippen LogP contribution in [0.3, 0.4) is 0 Å². The summed E-state index contributed by atoms with van der Waals surface area (Å²) in [5.41, 5.74) is 0.778. The van der Waals surface area contributed by atoms with Gasteiger partial charge in [0.1, 0.15) is 0 Å². The molecule has 74 valence electrons. The Morgan fingerprint density at radius 1 is 1.00 bits per heavy atom. The molecule has 0 aromatic rings. The average molecular weight is 191 g/mol. The third-order valence-electron chi connectivity index (χ3n) is 2.69. The molecule has 0 saturated heterocycles. The first-order chi connectivity index (χ1) is 5.39. The zero-order valence-corrected chi connectivity index (χ0v) is 9.96. The summed E-state index contributed by atoms with van der Waals surface area (Å²) in [5, 5.41) is 0. The van der Waals surface area contributed by atoms with Gasteiger partial charge in [-0.1, -0.05) is 34.6 Å². The van der Waals surface area contributed by atoms with Gasteiger partial charge in [-0.25, -0.2) is 0 Å². The molecule has 0 N–H and O–H groups in total. The van der Waals surface area contributed by atoms with Crippen LogP contribution in [-0.4, -0.2) is 5.88 Å². The summed E-state index contributed by atoms with van der Waals surface area (Å²) in [7, 11) is 0. The average Bonchev–Trinajstić information content (AvgIpc) is 1.99. The Bertz CT molecular complexity index is 109. The van der Waals surface area contributed by atoms with E-state index < -0.39 is 0 Å². The Morgan fingerprint density at radius 3 is 1.50 bits per heavy atom. The van der Waals surface area contributed by atoms with Gasteiger partial charge in [-0.15, -0.1) is 11.6 Å². The third kappa shape index (κ3) is 3.80. The number of rotatable bonds is 4. The van der Waals surface area contributed by atoms with Crippen molar-refractivity contribution in [3.05, 3.63) is 0 Å². The topological polar surface area (TPSA) is 0 Å². The minimum Gasteiger partial charge on any atom is -0.126 e. The van der Waals surface area contributed by atoms with Crippen molar-refractivity contribution < 1.29 is 0 Å². The maximum Gasteiger partial charge on any atom is 0.0279 e. The first kappa shape index (κ1) is 12.3. The van der Waals surface area contributed by atoms with Crippen LogP contribution in [0.25, 0.3) is 0 Å². The summed E-state index contributed by atoms with van der Waals surface area (Å²) in [6.45, 7) is 11.4. The summed E-state index contributed by atoms with van der Waals surface area (Å²) in [6.07, 6.45) is 3.63. The van der Waals surface area contributed by atoms with Gasteiger partial charge in [-0.3, -0.25) is 0 Å². The molecule has 0 unspecified atom stereocenters. The van der Waals surface area contributed by atoms with E-state index in [1.165, 1.54) is 19.3 Å². The highest BCUT2D eigenvalue weighted by molar-refractivity contribution is 6.18. The molecule has 0 rings (SSSR count). The second kappa shape index (κ2) is 4.50. The van der Waals surface area contributed by atoms with Crippen molar-refractivity contribution in [2.45, 2.75) is 53.9 Å². The van der Waals surface area contributed by atoms with Crippen LogP contribution in [-0.2, 0) is 0 Å². The summed E-state index contributed by atoms with van der Waals surface area (Å²) in [4.78, 5) is 0. The normalized spacial score (nSPS) is 13.5. The minimum atomic E-state index is 0.375. The highest BCUT2D eigenvalue weighted by Gasteiger charge is 2.30. The van der Waals surface area contributed by atoms with Gasteiger partial charge >= 0.3 is 0 Å². The predicted octanol–water partition coefficient (Wildman–Crippen LogP) is 4.47. The molecule has 0 aliphatic carbocycles. The number of hydrogen-bond donors (Lipinski definition) is 0. The molecule has 0 aromatic heterocycles. The zero-order valence-electron chi connectivity index (χ0n) is 9.21. The summed E-state index contributed by atoms with van der Waals surface area (Å²) in [5.74, 6) is 0.803. The molecule has 12 heavy (non-hydrogen) atoms. The van der Waals surface area contributed by atoms with E-state index in [2.05, 4.69) is 34.6 Å². The van der Waals surface area contributed by atoms with E-state index in [1.807, 2.05) is 0 Å². The van der Waals surface area contributed by atoms with Crippen LogP contribution >= 0.6 is 11.6 Å². The van der Waals surface area contributed by atoms with Crippen LogP contribution in [0.5, 0.6) is 0 Å². The van der Waals surface area contributed by atoms with Gasteiger partial charge in [0, 0.05) is 5.88 Å². The fraction of sp³-hybridized carbons (Fsp3) is 1.00. The highest BCUT2D eigenvalue weighted by Crippen LogP contribution is 2.39. The van der Waals surface area contributed by atoms with Crippen LogP contribution in [0.1, 0.15) is 53.9 Å². The molecule has 0 aromatic carbocycles. The van der Waals surface area contributed by atoms with E-state index >= 15 is 0 Å². The standard InChI is InChI=1S/C11H23Cl/c1-6-11(7-2,9-12)8-10(3,4)5/h6-9H2,1-5H3. The monoisotopic (exact) mass is 190 g/mol. The maximum atomic E-state index is 6.03. The first-order valence-corrected chi connectivity index (χ1v) is 5.48. The number of halogens is 1. The minimum absolute atomic E-state index is 0.375. The van der Waals surface area contributed by atoms with E-state index in [0.29, 0.717) is 10.8 Å². The van der Waals surface area contributed by atoms with Gasteiger partial charge < -0.3 is 0 Å². The SMILES string of the molecule is CCC(CC)(CCl)CC(C)(C)C. The fourth-order valence-corrected chi connectivity index (χ4v) is 2.33. The smallest absolute Gasteiger partial charge is 0.0279 e. The largest absolute Gasteiger partial charge is 0.126 e. The Hall–Kier alpha value is 0.290. The quantitative estimate of drug-likeness (QED) is 0.574. The molecule has 0 bridgehead atoms. The van der Waals surface area contributed by atoms with E-state index in [9.17, 15) is 0 Å². The van der Waals surface area contributed by atoms with Gasteiger partial charge in [-0.05, 0) is 30.1 Å². The van der Waals surface area contributed by atoms with Crippen molar-refractivity contribution in [1.82, 2.24) is 0 Å². The van der Waals surface area contributed by atoms with E-state index in [0.717, 1.165) is 5.88 Å². The van der Waals surface area contributed by atoms with Crippen molar-refractivity contribution in [3.8, 4) is 0 Å². The molecule has 0 saturated carbocycles. The number of alkyl halides is 1. The Kier molecular flexibility index (Phi) is 4.61. The second-order valence-corrected chi connectivity index (χ2v) is 5.35. The van der Waals surface area contributed by atoms with Crippen LogP contribution in [0.2, 0.25) is 0 Å². The number of hydrogen-bond acceptors (Lipinski definition) is 0. The van der Waals surface area contributed by atoms with Crippen LogP contribution in [0.4, 0.5) is 0 Å². The van der Waals surface area contributed by atoms with Gasteiger partial charge in [0.2, 0.25) is 0 Å². The second-order valence-electron chi connectivity index (χ2n) is 5.08. The molecule has 0 atom stereocenters. The molecule has 0 radical (unpaired) electrons. The molecule has 0 amide bonds. The van der Waals surface area contributed by atoms with Crippen molar-refractivity contribution in [1.29, 1.82) is 0 Å². The maximum absolute atomic E-state index is 6.03. The van der Waals surface area contributed by atoms with Crippen molar-refractivity contribution in [2.75, 3.05) is 5.88 Å². The molecule has 0 nitrogen and oxygen atoms in total. The van der Waals surface area contributed by atoms with Crippen molar-refractivity contribution in [3.63, 3.8) is 0 Å². The van der Waals surface area contributed by atoms with Crippen molar-refractivity contribution in [2.24, 2.45) is 10.8 Å². The molecule has 0 fully saturated rings. The fourth-order valence-electron chi connectivity index (χ4n) is 1.86. The molecule has 0 heterocycles. The molecular formula is C11H23Cl. The lowest BCUT2D eigenvalue weighted by molar-refractivity contribution is 0.181. The highest BCUT2D eigenvalue weighted by atomic mass is 35.5. The molecule has 1 heteroatoms. The van der Waals surface area contributed by atoms with Crippen LogP contribution in [0, 0.1) is 10.8 Å². The lowest BCUT2D eigenvalue weighted by Crippen LogP contribution is -2.27. The molecular weight excluding hydrogens is 168 g/mol. The lowest BCUT2D eigenvalue weighted by Gasteiger charge is -2.35. The molecule has 0 aliphatic heterocycles. The third-order valence-corrected chi connectivity index (χ3v) is 3.26. The zero-order chi connectivity index (χ0) is 9.83. The summed E-state index contributed by atoms with van der Waals surface area (Å²) < 4.78 is 0. The van der Waals surface area contributed by atoms with Gasteiger partial charge in [0.25, 0.3) is 0 Å². The summed E-state index contributed by atoms with van der Waals surface area (Å²) >= 11 is 6.03. The Balaban J connectivity index is 4.30. The van der Waals surface area contributed by atoms with Crippen LogP contribution in [0.15, 0.2) is 0 Å². The van der Waals surface area contributed by atoms with E-state index in [-0.39, 0.29) is 0 Å². The van der Waals surface area contributed by atoms with Gasteiger partial charge in [0.05, 0.1) is 0 Å². The summed E-state index contributed by atoms with van der Waals surface area (Å²) in [6, 6.07) is 0. The van der Waals surface area contributed by atoms with Crippen molar-refractivity contribution >= 4 is 11.6 Å². The van der Waals surface area contributed by atoms with E-state index in [4.69, 9.17) is 11.6 Å². The van der Waals surface area contributed by atoms with Gasteiger partial charge in [0.15, 0.2) is 0 Å². The molecule has 0 spiro atoms. The van der Waals surface area contributed by atoms with E-state index in [1.54, 1.807) is 0 Å². The molecule has 0 aliphatic rings. The predicted molar refractivity (Wildman–Crippen MR) is 57.8 cm³/mol. The van der Waals surface area contributed by atoms with Gasteiger partial charge in [-0.2, -0.15) is 0 Å². The first-order valence-electron chi connectivity index (χ1n) is 4.95. The Labute approximate surface area is 82.7 Å². The lowest BCUT2D eigenvalue weighted by atomic mass is 9.72.